The molecule has 3 rings (SSSR count). The van der Waals surface area contributed by atoms with E-state index in [1.807, 2.05) is 18.2 Å². The summed E-state index contributed by atoms with van der Waals surface area (Å²) in [6.45, 7) is 7.69. The van der Waals surface area contributed by atoms with Gasteiger partial charge in [0.05, 0.1) is 13.2 Å². The molecule has 2 heterocycles. The molecule has 0 aromatic heterocycles. The van der Waals surface area contributed by atoms with Crippen LogP contribution in [-0.4, -0.2) is 73.6 Å². The molecule has 134 valence electrons. The number of morpholine rings is 1. The highest BCUT2D eigenvalue weighted by Gasteiger charge is 2.17. The first-order valence-electron chi connectivity index (χ1n) is 9.22. The van der Waals surface area contributed by atoms with Crippen LogP contribution in [0, 0.1) is 0 Å². The Morgan fingerprint density at radius 2 is 1.75 bits per heavy atom. The minimum atomic E-state index is -0.431. The van der Waals surface area contributed by atoms with E-state index in [2.05, 4.69) is 15.9 Å². The van der Waals surface area contributed by atoms with Gasteiger partial charge in [-0.15, -0.1) is 0 Å². The maximum atomic E-state index is 10.3. The van der Waals surface area contributed by atoms with Crippen molar-refractivity contribution in [3.8, 4) is 5.75 Å². The van der Waals surface area contributed by atoms with Crippen LogP contribution < -0.4 is 4.74 Å². The molecule has 0 spiro atoms. The monoisotopic (exact) mass is 334 g/mol. The molecule has 1 aromatic rings. The summed E-state index contributed by atoms with van der Waals surface area (Å²) in [6, 6.07) is 8.16. The molecule has 0 bridgehead atoms. The maximum absolute atomic E-state index is 10.3. The van der Waals surface area contributed by atoms with Crippen LogP contribution in [0.25, 0.3) is 0 Å². The quantitative estimate of drug-likeness (QED) is 0.823. The van der Waals surface area contributed by atoms with Gasteiger partial charge in [-0.2, -0.15) is 0 Å². The van der Waals surface area contributed by atoms with E-state index in [4.69, 9.17) is 9.47 Å². The summed E-state index contributed by atoms with van der Waals surface area (Å²) in [5.41, 5.74) is 1.18. The van der Waals surface area contributed by atoms with Crippen LogP contribution in [0.2, 0.25) is 0 Å². The highest BCUT2D eigenvalue weighted by Crippen LogP contribution is 2.21. The molecule has 0 amide bonds. The standard InChI is InChI=1S/C19H30N2O3/c22-18(15-20-8-4-1-5-9-20)16-24-19-7-3-2-6-17(19)14-21-10-12-23-13-11-21/h2-3,6-7,18,22H,1,4-5,8-16H2. The van der Waals surface area contributed by atoms with Gasteiger partial charge < -0.3 is 19.5 Å². The smallest absolute Gasteiger partial charge is 0.123 e. The number of benzene rings is 1. The van der Waals surface area contributed by atoms with E-state index in [0.717, 1.165) is 51.7 Å². The van der Waals surface area contributed by atoms with E-state index in [9.17, 15) is 5.11 Å². The highest BCUT2D eigenvalue weighted by atomic mass is 16.5. The van der Waals surface area contributed by atoms with Crippen molar-refractivity contribution in [2.75, 3.05) is 52.5 Å². The molecule has 0 radical (unpaired) electrons. The first-order chi connectivity index (χ1) is 11.8. The lowest BCUT2D eigenvalue weighted by atomic mass is 10.1. The predicted octanol–water partition coefficient (Wildman–Crippen LogP) is 1.74. The molecule has 1 N–H and O–H groups in total. The van der Waals surface area contributed by atoms with Crippen LogP contribution in [0.4, 0.5) is 0 Å². The van der Waals surface area contributed by atoms with Gasteiger partial charge in [-0.05, 0) is 32.0 Å². The van der Waals surface area contributed by atoms with Crippen LogP contribution in [0.3, 0.4) is 0 Å². The van der Waals surface area contributed by atoms with Gasteiger partial charge in [-0.1, -0.05) is 24.6 Å². The summed E-state index contributed by atoms with van der Waals surface area (Å²) in [7, 11) is 0. The minimum absolute atomic E-state index is 0.358. The van der Waals surface area contributed by atoms with Gasteiger partial charge in [0, 0.05) is 31.7 Å². The molecule has 2 aliphatic rings. The lowest BCUT2D eigenvalue weighted by Gasteiger charge is -2.29. The Bertz CT molecular complexity index is 485. The molecule has 0 aliphatic carbocycles. The second-order valence-corrected chi connectivity index (χ2v) is 6.82. The Balaban J connectivity index is 1.48. The van der Waals surface area contributed by atoms with Crippen LogP contribution >= 0.6 is 0 Å². The summed E-state index contributed by atoms with van der Waals surface area (Å²) in [6.07, 6.45) is 3.38. The number of aliphatic hydroxyl groups excluding tert-OH is 1. The van der Waals surface area contributed by atoms with Gasteiger partial charge in [0.15, 0.2) is 0 Å². The fourth-order valence-corrected chi connectivity index (χ4v) is 3.45. The third-order valence-electron chi connectivity index (χ3n) is 4.82. The van der Waals surface area contributed by atoms with Gasteiger partial charge in [0.2, 0.25) is 0 Å². The third kappa shape index (κ3) is 5.45. The van der Waals surface area contributed by atoms with Crippen molar-refractivity contribution < 1.29 is 14.6 Å². The van der Waals surface area contributed by atoms with Gasteiger partial charge in [0.25, 0.3) is 0 Å². The average Bonchev–Trinajstić information content (AvgIpc) is 2.63. The Hall–Kier alpha value is -1.14. The molecule has 0 saturated carbocycles. The molecular weight excluding hydrogens is 304 g/mol. The number of aliphatic hydroxyl groups is 1. The number of ether oxygens (including phenoxy) is 2. The zero-order valence-corrected chi connectivity index (χ0v) is 14.5. The highest BCUT2D eigenvalue weighted by molar-refractivity contribution is 5.33. The summed E-state index contributed by atoms with van der Waals surface area (Å²) in [5.74, 6) is 0.890. The predicted molar refractivity (Wildman–Crippen MR) is 94.3 cm³/mol. The van der Waals surface area contributed by atoms with Crippen molar-refractivity contribution >= 4 is 0 Å². The molecule has 1 atom stereocenters. The van der Waals surface area contributed by atoms with Gasteiger partial charge in [0.1, 0.15) is 18.5 Å². The summed E-state index contributed by atoms with van der Waals surface area (Å²) in [4.78, 5) is 4.73. The zero-order chi connectivity index (χ0) is 16.6. The molecule has 1 unspecified atom stereocenters. The van der Waals surface area contributed by atoms with E-state index >= 15 is 0 Å². The van der Waals surface area contributed by atoms with E-state index in [1.54, 1.807) is 0 Å². The molecule has 24 heavy (non-hydrogen) atoms. The number of para-hydroxylation sites is 1. The molecule has 2 aliphatic heterocycles. The summed E-state index contributed by atoms with van der Waals surface area (Å²) >= 11 is 0. The number of β-amino-alcohol motifs (C(OH)–C–C–N with tert-alkyl or cyclic N) is 1. The van der Waals surface area contributed by atoms with Crippen molar-refractivity contribution in [2.45, 2.75) is 31.9 Å². The Morgan fingerprint density at radius 1 is 1.00 bits per heavy atom. The second-order valence-electron chi connectivity index (χ2n) is 6.82. The van der Waals surface area contributed by atoms with E-state index < -0.39 is 6.10 Å². The van der Waals surface area contributed by atoms with E-state index in [-0.39, 0.29) is 0 Å². The van der Waals surface area contributed by atoms with E-state index in [1.165, 1.54) is 24.8 Å². The van der Waals surface area contributed by atoms with Crippen molar-refractivity contribution in [3.05, 3.63) is 29.8 Å². The van der Waals surface area contributed by atoms with Crippen LogP contribution in [0.5, 0.6) is 5.75 Å². The van der Waals surface area contributed by atoms with Gasteiger partial charge >= 0.3 is 0 Å². The Morgan fingerprint density at radius 3 is 2.54 bits per heavy atom. The second kappa shape index (κ2) is 9.37. The van der Waals surface area contributed by atoms with Crippen LogP contribution in [-0.2, 0) is 11.3 Å². The molecule has 1 aromatic carbocycles. The van der Waals surface area contributed by atoms with Crippen LogP contribution in [0.15, 0.2) is 24.3 Å². The molecule has 2 saturated heterocycles. The van der Waals surface area contributed by atoms with Crippen LogP contribution in [0.1, 0.15) is 24.8 Å². The Labute approximate surface area is 145 Å². The fourth-order valence-electron chi connectivity index (χ4n) is 3.45. The topological polar surface area (TPSA) is 45.2 Å². The Kier molecular flexibility index (Phi) is 6.90. The lowest BCUT2D eigenvalue weighted by molar-refractivity contribution is 0.0331. The number of nitrogens with zero attached hydrogens (tertiary/aromatic N) is 2. The number of likely N-dealkylation sites (tertiary alicyclic amines) is 1. The summed E-state index contributed by atoms with van der Waals surface area (Å²) < 4.78 is 11.4. The van der Waals surface area contributed by atoms with Gasteiger partial charge in [-0.25, -0.2) is 0 Å². The number of piperidine rings is 1. The fraction of sp³-hybridized carbons (Fsp3) is 0.684. The third-order valence-corrected chi connectivity index (χ3v) is 4.82. The normalized spacial score (nSPS) is 21.5. The maximum Gasteiger partial charge on any atom is 0.123 e. The van der Waals surface area contributed by atoms with Gasteiger partial charge in [-0.3, -0.25) is 4.90 Å². The number of rotatable bonds is 7. The number of hydrogen-bond donors (Lipinski definition) is 1. The molecule has 5 heteroatoms. The van der Waals surface area contributed by atoms with Crippen molar-refractivity contribution in [3.63, 3.8) is 0 Å². The first-order valence-corrected chi connectivity index (χ1v) is 9.22. The first kappa shape index (κ1) is 17.7. The van der Waals surface area contributed by atoms with Crippen molar-refractivity contribution in [2.24, 2.45) is 0 Å². The zero-order valence-electron chi connectivity index (χ0n) is 14.5. The SMILES string of the molecule is OC(COc1ccccc1CN1CCOCC1)CN1CCCCC1. The largest absolute Gasteiger partial charge is 0.491 e. The molecule has 5 nitrogen and oxygen atoms in total. The lowest BCUT2D eigenvalue weighted by Crippen LogP contribution is -2.38. The minimum Gasteiger partial charge on any atom is -0.491 e. The molecular formula is C19H30N2O3. The summed E-state index contributed by atoms with van der Waals surface area (Å²) in [5, 5.41) is 10.3. The van der Waals surface area contributed by atoms with Crippen molar-refractivity contribution in [1.29, 1.82) is 0 Å². The van der Waals surface area contributed by atoms with E-state index in [0.29, 0.717) is 13.2 Å². The molecule has 2 fully saturated rings. The van der Waals surface area contributed by atoms with Crippen molar-refractivity contribution in [1.82, 2.24) is 9.80 Å². The number of hydrogen-bond acceptors (Lipinski definition) is 5. The average molecular weight is 334 g/mol.